The standard InChI is InChI=1S/C7H6FNOS/c1-11-7-2-5(8)3-9-6(7)4-10/h2-4H,1H3. The molecule has 11 heavy (non-hydrogen) atoms. The van der Waals surface area contributed by atoms with E-state index in [4.69, 9.17) is 0 Å². The van der Waals surface area contributed by atoms with Crippen molar-refractivity contribution in [1.82, 2.24) is 4.98 Å². The van der Waals surface area contributed by atoms with Crippen LogP contribution in [0, 0.1) is 5.82 Å². The minimum Gasteiger partial charge on any atom is -0.296 e. The zero-order valence-electron chi connectivity index (χ0n) is 5.87. The number of aromatic nitrogens is 1. The van der Waals surface area contributed by atoms with Gasteiger partial charge in [-0.05, 0) is 12.3 Å². The molecular formula is C7H6FNOS. The molecule has 0 N–H and O–H groups in total. The van der Waals surface area contributed by atoms with Crippen molar-refractivity contribution in [3.63, 3.8) is 0 Å². The van der Waals surface area contributed by atoms with Crippen molar-refractivity contribution in [2.24, 2.45) is 0 Å². The van der Waals surface area contributed by atoms with Gasteiger partial charge < -0.3 is 0 Å². The third-order valence-corrected chi connectivity index (χ3v) is 1.95. The molecule has 0 fully saturated rings. The van der Waals surface area contributed by atoms with Gasteiger partial charge in [-0.1, -0.05) is 0 Å². The Morgan fingerprint density at radius 2 is 2.45 bits per heavy atom. The van der Waals surface area contributed by atoms with Crippen LogP contribution in [-0.2, 0) is 0 Å². The second-order valence-electron chi connectivity index (χ2n) is 1.86. The molecule has 0 spiro atoms. The Hall–Kier alpha value is -0.900. The van der Waals surface area contributed by atoms with Crippen molar-refractivity contribution >= 4 is 18.0 Å². The highest BCUT2D eigenvalue weighted by molar-refractivity contribution is 7.98. The highest BCUT2D eigenvalue weighted by atomic mass is 32.2. The number of pyridine rings is 1. The van der Waals surface area contributed by atoms with E-state index in [1.165, 1.54) is 17.8 Å². The molecule has 1 aromatic heterocycles. The lowest BCUT2D eigenvalue weighted by molar-refractivity contribution is 0.111. The summed E-state index contributed by atoms with van der Waals surface area (Å²) in [5, 5.41) is 0. The van der Waals surface area contributed by atoms with Crippen LogP contribution >= 0.6 is 11.8 Å². The quantitative estimate of drug-likeness (QED) is 0.501. The summed E-state index contributed by atoms with van der Waals surface area (Å²) in [4.78, 5) is 14.5. The van der Waals surface area contributed by atoms with Gasteiger partial charge in [0.05, 0.1) is 6.20 Å². The topological polar surface area (TPSA) is 30.0 Å². The average molecular weight is 171 g/mol. The van der Waals surface area contributed by atoms with Gasteiger partial charge in [-0.25, -0.2) is 9.37 Å². The maximum atomic E-state index is 12.5. The van der Waals surface area contributed by atoms with Crippen LogP contribution in [0.3, 0.4) is 0 Å². The summed E-state index contributed by atoms with van der Waals surface area (Å²) in [5.74, 6) is -0.417. The van der Waals surface area contributed by atoms with Crippen molar-refractivity contribution < 1.29 is 9.18 Å². The summed E-state index contributed by atoms with van der Waals surface area (Å²) in [6.07, 6.45) is 3.41. The van der Waals surface area contributed by atoms with Gasteiger partial charge in [0.2, 0.25) is 0 Å². The smallest absolute Gasteiger partial charge is 0.169 e. The molecule has 0 atom stereocenters. The summed E-state index contributed by atoms with van der Waals surface area (Å²) in [5.41, 5.74) is 0.291. The zero-order chi connectivity index (χ0) is 8.27. The molecule has 0 aliphatic heterocycles. The molecule has 1 rings (SSSR count). The Bertz CT molecular complexity index is 277. The van der Waals surface area contributed by atoms with E-state index in [2.05, 4.69) is 4.98 Å². The van der Waals surface area contributed by atoms with Gasteiger partial charge in [-0.3, -0.25) is 4.79 Å². The van der Waals surface area contributed by atoms with Crippen LogP contribution in [0.1, 0.15) is 10.5 Å². The number of rotatable bonds is 2. The first-order valence-corrected chi connectivity index (χ1v) is 4.15. The number of nitrogens with zero attached hydrogens (tertiary/aromatic N) is 1. The summed E-state index contributed by atoms with van der Waals surface area (Å²) in [6.45, 7) is 0. The fourth-order valence-corrected chi connectivity index (χ4v) is 1.22. The van der Waals surface area contributed by atoms with Gasteiger partial charge in [-0.2, -0.15) is 0 Å². The van der Waals surface area contributed by atoms with E-state index < -0.39 is 5.82 Å². The van der Waals surface area contributed by atoms with E-state index in [9.17, 15) is 9.18 Å². The van der Waals surface area contributed by atoms with Crippen molar-refractivity contribution in [2.75, 3.05) is 6.26 Å². The third kappa shape index (κ3) is 1.77. The van der Waals surface area contributed by atoms with Crippen LogP contribution in [0.4, 0.5) is 4.39 Å². The highest BCUT2D eigenvalue weighted by Crippen LogP contribution is 2.17. The highest BCUT2D eigenvalue weighted by Gasteiger charge is 2.02. The van der Waals surface area contributed by atoms with Gasteiger partial charge >= 0.3 is 0 Å². The number of halogens is 1. The number of hydrogen-bond donors (Lipinski definition) is 0. The summed E-state index contributed by atoms with van der Waals surface area (Å²) < 4.78 is 12.5. The summed E-state index contributed by atoms with van der Waals surface area (Å²) >= 11 is 1.30. The first kappa shape index (κ1) is 8.20. The van der Waals surface area contributed by atoms with E-state index in [1.54, 1.807) is 6.26 Å². The minimum atomic E-state index is -0.417. The molecule has 1 heterocycles. The van der Waals surface area contributed by atoms with E-state index in [1.807, 2.05) is 0 Å². The lowest BCUT2D eigenvalue weighted by atomic mass is 10.4. The molecule has 2 nitrogen and oxygen atoms in total. The molecule has 1 aromatic rings. The molecule has 0 aromatic carbocycles. The van der Waals surface area contributed by atoms with Crippen molar-refractivity contribution in [1.29, 1.82) is 0 Å². The monoisotopic (exact) mass is 171 g/mol. The van der Waals surface area contributed by atoms with E-state index in [0.717, 1.165) is 6.20 Å². The molecule has 0 unspecified atom stereocenters. The summed E-state index contributed by atoms with van der Waals surface area (Å²) in [6, 6.07) is 1.29. The Morgan fingerprint density at radius 1 is 1.73 bits per heavy atom. The minimum absolute atomic E-state index is 0.291. The zero-order valence-corrected chi connectivity index (χ0v) is 6.69. The van der Waals surface area contributed by atoms with Gasteiger partial charge in [0, 0.05) is 4.90 Å². The molecule has 0 saturated heterocycles. The second-order valence-corrected chi connectivity index (χ2v) is 2.71. The molecule has 0 aliphatic rings. The van der Waals surface area contributed by atoms with Crippen LogP contribution in [-0.4, -0.2) is 17.5 Å². The van der Waals surface area contributed by atoms with E-state index in [0.29, 0.717) is 16.9 Å². The molecular weight excluding hydrogens is 165 g/mol. The van der Waals surface area contributed by atoms with Gasteiger partial charge in [0.25, 0.3) is 0 Å². The second kappa shape index (κ2) is 3.48. The van der Waals surface area contributed by atoms with Crippen LogP contribution in [0.15, 0.2) is 17.2 Å². The maximum absolute atomic E-state index is 12.5. The van der Waals surface area contributed by atoms with E-state index >= 15 is 0 Å². The van der Waals surface area contributed by atoms with Gasteiger partial charge in [0.15, 0.2) is 6.29 Å². The van der Waals surface area contributed by atoms with Gasteiger partial charge in [-0.15, -0.1) is 11.8 Å². The average Bonchev–Trinajstić information content (AvgIpc) is 2.04. The SMILES string of the molecule is CSc1cc(F)cnc1C=O. The summed E-state index contributed by atoms with van der Waals surface area (Å²) in [7, 11) is 0. The predicted molar refractivity (Wildman–Crippen MR) is 41.4 cm³/mol. The first-order chi connectivity index (χ1) is 5.27. The van der Waals surface area contributed by atoms with Crippen molar-refractivity contribution in [3.05, 3.63) is 23.8 Å². The van der Waals surface area contributed by atoms with Crippen LogP contribution in [0.25, 0.3) is 0 Å². The number of aldehydes is 1. The van der Waals surface area contributed by atoms with Crippen molar-refractivity contribution in [3.8, 4) is 0 Å². The molecule has 0 saturated carbocycles. The Kier molecular flexibility index (Phi) is 2.59. The fourth-order valence-electron chi connectivity index (χ4n) is 0.683. The molecule has 4 heteroatoms. The third-order valence-electron chi connectivity index (χ3n) is 1.18. The molecule has 0 bridgehead atoms. The van der Waals surface area contributed by atoms with Crippen LogP contribution < -0.4 is 0 Å². The normalized spacial score (nSPS) is 9.64. The Balaban J connectivity index is 3.16. The Morgan fingerprint density at radius 3 is 3.00 bits per heavy atom. The number of carbonyl (C=O) groups excluding carboxylic acids is 1. The number of carbonyl (C=O) groups is 1. The molecule has 58 valence electrons. The maximum Gasteiger partial charge on any atom is 0.169 e. The molecule has 0 amide bonds. The lowest BCUT2D eigenvalue weighted by Crippen LogP contribution is -1.91. The predicted octanol–water partition coefficient (Wildman–Crippen LogP) is 1.76. The Labute approximate surface area is 67.8 Å². The fraction of sp³-hybridized carbons (Fsp3) is 0.143. The number of thioether (sulfide) groups is 1. The van der Waals surface area contributed by atoms with Crippen molar-refractivity contribution in [2.45, 2.75) is 4.90 Å². The number of hydrogen-bond acceptors (Lipinski definition) is 3. The lowest BCUT2D eigenvalue weighted by Gasteiger charge is -1.97. The molecule has 0 aliphatic carbocycles. The van der Waals surface area contributed by atoms with E-state index in [-0.39, 0.29) is 0 Å². The van der Waals surface area contributed by atoms with Crippen LogP contribution in [0.5, 0.6) is 0 Å². The van der Waals surface area contributed by atoms with Crippen LogP contribution in [0.2, 0.25) is 0 Å². The van der Waals surface area contributed by atoms with Gasteiger partial charge in [0.1, 0.15) is 11.5 Å². The first-order valence-electron chi connectivity index (χ1n) is 2.92. The molecule has 0 radical (unpaired) electrons. The largest absolute Gasteiger partial charge is 0.296 e.